The van der Waals surface area contributed by atoms with Crippen LogP contribution in [-0.2, 0) is 13.1 Å². The number of hydrogen-bond acceptors (Lipinski definition) is 5. The molecule has 7 rings (SSSR count). The standard InChI is InChI=1S/C24H25N3OS.C16H20N2/c28-23(20-7-2-1-3-8-20)26-24(29)25-22-12-14-27(15-13-22)17-18-10-11-19-6-4-5-9-21(19)16-18;17-16-7-9-18(10-8-16)12-13-5-6-14-3-1-2-4-15(14)11-13/h1-11,16,22H,12-15,17H2,(H2,25,26,28,29);1-6,11,16H,7-10,12,17H2. The summed E-state index contributed by atoms with van der Waals surface area (Å²) in [5.41, 5.74) is 9.31. The van der Waals surface area contributed by atoms with Crippen LogP contribution in [0.25, 0.3) is 21.5 Å². The molecule has 1 amide bonds. The molecule has 0 bridgehead atoms. The molecular weight excluding hydrogens is 599 g/mol. The average Bonchev–Trinajstić information content (AvgIpc) is 3.11. The molecule has 0 unspecified atom stereocenters. The highest BCUT2D eigenvalue weighted by molar-refractivity contribution is 7.80. The second kappa shape index (κ2) is 16.1. The molecular formula is C40H45N5OS. The molecule has 2 aliphatic rings. The Labute approximate surface area is 283 Å². The fourth-order valence-corrected chi connectivity index (χ4v) is 6.78. The zero-order valence-electron chi connectivity index (χ0n) is 27.0. The first-order valence-electron chi connectivity index (χ1n) is 16.8. The van der Waals surface area contributed by atoms with Crippen LogP contribution in [0.1, 0.15) is 47.2 Å². The maximum atomic E-state index is 12.2. The number of nitrogens with two attached hydrogens (primary N) is 1. The Bertz CT molecular complexity index is 1780. The molecule has 0 atom stereocenters. The Morgan fingerprint density at radius 1 is 0.638 bits per heavy atom. The van der Waals surface area contributed by atoms with Crippen LogP contribution in [-0.4, -0.2) is 59.1 Å². The molecule has 47 heavy (non-hydrogen) atoms. The first kappa shape index (κ1) is 32.8. The van der Waals surface area contributed by atoms with Crippen molar-refractivity contribution in [2.75, 3.05) is 26.2 Å². The highest BCUT2D eigenvalue weighted by Gasteiger charge is 2.21. The van der Waals surface area contributed by atoms with Gasteiger partial charge in [-0.3, -0.25) is 19.9 Å². The van der Waals surface area contributed by atoms with Crippen LogP contribution in [0, 0.1) is 0 Å². The van der Waals surface area contributed by atoms with Gasteiger partial charge >= 0.3 is 0 Å². The molecule has 0 saturated carbocycles. The third-order valence-electron chi connectivity index (χ3n) is 9.26. The van der Waals surface area contributed by atoms with Gasteiger partial charge in [0.25, 0.3) is 5.91 Å². The molecule has 0 aromatic heterocycles. The minimum Gasteiger partial charge on any atom is -0.360 e. The lowest BCUT2D eigenvalue weighted by Crippen LogP contribution is -2.48. The van der Waals surface area contributed by atoms with Gasteiger partial charge in [-0.2, -0.15) is 0 Å². The van der Waals surface area contributed by atoms with Gasteiger partial charge in [-0.25, -0.2) is 0 Å². The monoisotopic (exact) mass is 643 g/mol. The van der Waals surface area contributed by atoms with Crippen LogP contribution in [0.15, 0.2) is 115 Å². The van der Waals surface area contributed by atoms with Gasteiger partial charge in [0.1, 0.15) is 0 Å². The van der Waals surface area contributed by atoms with Crippen LogP contribution in [0.3, 0.4) is 0 Å². The Morgan fingerprint density at radius 3 is 1.64 bits per heavy atom. The number of nitrogens with one attached hydrogen (secondary N) is 2. The molecule has 5 aromatic carbocycles. The Balaban J connectivity index is 0.000000183. The third kappa shape index (κ3) is 9.46. The van der Waals surface area contributed by atoms with Gasteiger partial charge in [0.2, 0.25) is 0 Å². The molecule has 4 N–H and O–H groups in total. The molecule has 242 valence electrons. The number of likely N-dealkylation sites (tertiary alicyclic amines) is 2. The van der Waals surface area contributed by atoms with Crippen molar-refractivity contribution < 1.29 is 4.79 Å². The molecule has 0 spiro atoms. The number of fused-ring (bicyclic) bond motifs is 2. The van der Waals surface area contributed by atoms with Crippen LogP contribution in [0.4, 0.5) is 0 Å². The van der Waals surface area contributed by atoms with E-state index in [0.29, 0.717) is 22.8 Å². The summed E-state index contributed by atoms with van der Waals surface area (Å²) >= 11 is 5.33. The minimum atomic E-state index is -0.170. The quantitative estimate of drug-likeness (QED) is 0.176. The predicted octanol–water partition coefficient (Wildman–Crippen LogP) is 6.87. The first-order chi connectivity index (χ1) is 23.0. The average molecular weight is 644 g/mol. The number of thiocarbonyl (C=S) groups is 1. The summed E-state index contributed by atoms with van der Waals surface area (Å²) in [6.45, 7) is 6.31. The number of benzene rings is 5. The van der Waals surface area contributed by atoms with Crippen molar-refractivity contribution in [2.45, 2.75) is 50.9 Å². The van der Waals surface area contributed by atoms with E-state index >= 15 is 0 Å². The number of nitrogens with zero attached hydrogens (tertiary/aromatic N) is 2. The van der Waals surface area contributed by atoms with E-state index in [0.717, 1.165) is 65.0 Å². The second-order valence-electron chi connectivity index (χ2n) is 12.8. The topological polar surface area (TPSA) is 73.6 Å². The van der Waals surface area contributed by atoms with Crippen molar-refractivity contribution in [3.8, 4) is 0 Å². The van der Waals surface area contributed by atoms with Gasteiger partial charge in [-0.15, -0.1) is 0 Å². The van der Waals surface area contributed by atoms with Crippen LogP contribution in [0.5, 0.6) is 0 Å². The van der Waals surface area contributed by atoms with Gasteiger partial charge < -0.3 is 11.1 Å². The van der Waals surface area contributed by atoms with Gasteiger partial charge in [0.15, 0.2) is 5.11 Å². The number of piperidine rings is 2. The summed E-state index contributed by atoms with van der Waals surface area (Å²) in [5, 5.41) is 11.7. The highest BCUT2D eigenvalue weighted by Crippen LogP contribution is 2.20. The van der Waals surface area contributed by atoms with Crippen molar-refractivity contribution in [1.29, 1.82) is 0 Å². The molecule has 2 heterocycles. The SMILES string of the molecule is NC1CCN(Cc2ccc3ccccc3c2)CC1.O=C(NC(=S)NC1CCN(Cc2ccc3ccccc3c2)CC1)c1ccccc1. The Hall–Kier alpha value is -4.14. The van der Waals surface area contributed by atoms with E-state index in [9.17, 15) is 4.79 Å². The lowest BCUT2D eigenvalue weighted by molar-refractivity contribution is 0.0976. The maximum absolute atomic E-state index is 12.2. The lowest BCUT2D eigenvalue weighted by atomic mass is 10.0. The normalized spacial score (nSPS) is 16.4. The summed E-state index contributed by atoms with van der Waals surface area (Å²) in [4.78, 5) is 17.2. The van der Waals surface area contributed by atoms with Gasteiger partial charge in [-0.1, -0.05) is 91.0 Å². The van der Waals surface area contributed by atoms with Gasteiger partial charge in [0, 0.05) is 43.8 Å². The Morgan fingerprint density at radius 2 is 1.11 bits per heavy atom. The summed E-state index contributed by atoms with van der Waals surface area (Å²) in [7, 11) is 0. The smallest absolute Gasteiger partial charge is 0.257 e. The number of carbonyl (C=O) groups excluding carboxylic acids is 1. The predicted molar refractivity (Wildman–Crippen MR) is 198 cm³/mol. The number of carbonyl (C=O) groups is 1. The molecule has 2 aliphatic heterocycles. The summed E-state index contributed by atoms with van der Waals surface area (Å²) in [6.07, 6.45) is 4.28. The number of amides is 1. The number of hydrogen-bond donors (Lipinski definition) is 3. The van der Waals surface area contributed by atoms with Crippen molar-refractivity contribution in [3.63, 3.8) is 0 Å². The van der Waals surface area contributed by atoms with E-state index in [1.807, 2.05) is 18.2 Å². The maximum Gasteiger partial charge on any atom is 0.257 e. The van der Waals surface area contributed by atoms with E-state index in [1.54, 1.807) is 12.1 Å². The van der Waals surface area contributed by atoms with Crippen LogP contribution < -0.4 is 16.4 Å². The van der Waals surface area contributed by atoms with Crippen molar-refractivity contribution in [2.24, 2.45) is 5.73 Å². The third-order valence-corrected chi connectivity index (χ3v) is 9.48. The fourth-order valence-electron chi connectivity index (χ4n) is 6.52. The fraction of sp³-hybridized carbons (Fsp3) is 0.300. The first-order valence-corrected chi connectivity index (χ1v) is 17.2. The second-order valence-corrected chi connectivity index (χ2v) is 13.2. The zero-order chi connectivity index (χ0) is 32.4. The Kier molecular flexibility index (Phi) is 11.2. The lowest BCUT2D eigenvalue weighted by Gasteiger charge is -2.33. The molecule has 6 nitrogen and oxygen atoms in total. The molecule has 0 radical (unpaired) electrons. The van der Waals surface area contributed by atoms with Gasteiger partial charge in [0.05, 0.1) is 0 Å². The van der Waals surface area contributed by atoms with Gasteiger partial charge in [-0.05, 0) is 108 Å². The molecule has 0 aliphatic carbocycles. The molecule has 7 heteroatoms. The molecule has 5 aromatic rings. The van der Waals surface area contributed by atoms with Crippen molar-refractivity contribution in [1.82, 2.24) is 20.4 Å². The van der Waals surface area contributed by atoms with Crippen molar-refractivity contribution >= 4 is 44.8 Å². The van der Waals surface area contributed by atoms with Crippen LogP contribution >= 0.6 is 12.2 Å². The summed E-state index contributed by atoms with van der Waals surface area (Å²) in [6, 6.07) is 40.4. The zero-order valence-corrected chi connectivity index (χ0v) is 27.8. The van der Waals surface area contributed by atoms with Crippen LogP contribution in [0.2, 0.25) is 0 Å². The minimum absolute atomic E-state index is 0.170. The largest absolute Gasteiger partial charge is 0.360 e. The van der Waals surface area contributed by atoms with Crippen molar-refractivity contribution in [3.05, 3.63) is 132 Å². The van der Waals surface area contributed by atoms with E-state index in [4.69, 9.17) is 18.0 Å². The van der Waals surface area contributed by atoms with E-state index < -0.39 is 0 Å². The van der Waals surface area contributed by atoms with E-state index in [-0.39, 0.29) is 5.91 Å². The number of rotatable bonds is 6. The molecule has 2 fully saturated rings. The van der Waals surface area contributed by atoms with E-state index in [1.165, 1.54) is 32.7 Å². The summed E-state index contributed by atoms with van der Waals surface area (Å²) in [5.74, 6) is -0.170. The highest BCUT2D eigenvalue weighted by atomic mass is 32.1. The van der Waals surface area contributed by atoms with E-state index in [2.05, 4.69) is 105 Å². The summed E-state index contributed by atoms with van der Waals surface area (Å²) < 4.78 is 0. The molecule has 2 saturated heterocycles.